The molecule has 0 atom stereocenters. The quantitative estimate of drug-likeness (QED) is 0.641. The van der Waals surface area contributed by atoms with Gasteiger partial charge in [-0.1, -0.05) is 54.5 Å². The Morgan fingerprint density at radius 2 is 1.59 bits per heavy atom. The van der Waals surface area contributed by atoms with Gasteiger partial charge in [-0.05, 0) is 37.5 Å². The molecule has 0 saturated carbocycles. The van der Waals surface area contributed by atoms with Gasteiger partial charge in [0.25, 0.3) is 10.0 Å². The maximum atomic E-state index is 12.9. The van der Waals surface area contributed by atoms with Crippen molar-refractivity contribution >= 4 is 10.0 Å². The van der Waals surface area contributed by atoms with E-state index in [-0.39, 0.29) is 6.54 Å². The van der Waals surface area contributed by atoms with Crippen molar-refractivity contribution < 1.29 is 8.42 Å². The van der Waals surface area contributed by atoms with Crippen molar-refractivity contribution in [1.82, 2.24) is 4.31 Å². The van der Waals surface area contributed by atoms with E-state index in [1.54, 1.807) is 13.8 Å². The van der Waals surface area contributed by atoms with Gasteiger partial charge < -0.3 is 0 Å². The molecule has 0 heterocycles. The van der Waals surface area contributed by atoms with Crippen LogP contribution in [0.2, 0.25) is 0 Å². The van der Waals surface area contributed by atoms with Crippen LogP contribution in [0, 0.1) is 33.2 Å². The van der Waals surface area contributed by atoms with Crippen LogP contribution in [0.5, 0.6) is 0 Å². The van der Waals surface area contributed by atoms with E-state index >= 15 is 0 Å². The molecule has 0 aromatic heterocycles. The molecule has 0 aliphatic rings. The summed E-state index contributed by atoms with van der Waals surface area (Å²) < 4.78 is 26.9. The molecule has 0 saturated heterocycles. The number of rotatable bonds is 4. The lowest BCUT2D eigenvalue weighted by molar-refractivity contribution is 0.508. The molecule has 4 heteroatoms. The fourth-order valence-corrected chi connectivity index (χ4v) is 4.24. The van der Waals surface area contributed by atoms with Gasteiger partial charge >= 0.3 is 0 Å². The topological polar surface area (TPSA) is 37.4 Å². The van der Waals surface area contributed by atoms with Crippen LogP contribution in [-0.4, -0.2) is 12.7 Å². The summed E-state index contributed by atoms with van der Waals surface area (Å²) in [5, 5.41) is 0. The molecule has 0 spiro atoms. The number of hydrogen-bond acceptors (Lipinski definition) is 2. The zero-order chi connectivity index (χ0) is 16.3. The van der Waals surface area contributed by atoms with Crippen LogP contribution in [0.25, 0.3) is 0 Å². The maximum Gasteiger partial charge on any atom is 0.271 e. The number of benzene rings is 2. The molecular formula is C18H19NO2S. The van der Waals surface area contributed by atoms with Gasteiger partial charge in [0, 0.05) is 6.04 Å². The molecule has 0 fully saturated rings. The molecule has 3 nitrogen and oxygen atoms in total. The summed E-state index contributed by atoms with van der Waals surface area (Å²) in [6.45, 7) is 5.69. The first-order valence-electron chi connectivity index (χ1n) is 6.97. The summed E-state index contributed by atoms with van der Waals surface area (Å²) in [6, 6.07) is 15.3. The van der Waals surface area contributed by atoms with E-state index in [4.69, 9.17) is 6.42 Å². The number of sulfonamides is 1. The Bertz CT molecular complexity index is 795. The van der Waals surface area contributed by atoms with Crippen molar-refractivity contribution in [2.24, 2.45) is 0 Å². The van der Waals surface area contributed by atoms with Crippen molar-refractivity contribution in [3.63, 3.8) is 0 Å². The Balaban J connectivity index is 2.47. The minimum atomic E-state index is -3.73. The van der Waals surface area contributed by atoms with Gasteiger partial charge in [0.2, 0.25) is 0 Å². The van der Waals surface area contributed by atoms with E-state index in [2.05, 4.69) is 6.04 Å². The summed E-state index contributed by atoms with van der Waals surface area (Å²) in [4.78, 5) is 0.298. The Labute approximate surface area is 132 Å². The van der Waals surface area contributed by atoms with Gasteiger partial charge in [-0.15, -0.1) is 0 Å². The molecule has 0 aliphatic heterocycles. The van der Waals surface area contributed by atoms with Gasteiger partial charge in [0.05, 0.1) is 11.4 Å². The van der Waals surface area contributed by atoms with Gasteiger partial charge in [-0.3, -0.25) is 0 Å². The predicted octanol–water partition coefficient (Wildman–Crippen LogP) is 3.39. The minimum absolute atomic E-state index is 0.159. The lowest BCUT2D eigenvalue weighted by atomic mass is 10.1. The van der Waals surface area contributed by atoms with Crippen LogP contribution in [0.3, 0.4) is 0 Å². The van der Waals surface area contributed by atoms with Crippen LogP contribution in [0.4, 0.5) is 0 Å². The average Bonchev–Trinajstić information content (AvgIpc) is 2.44. The largest absolute Gasteiger partial charge is 0.271 e. The number of hydrogen-bond donors (Lipinski definition) is 0. The zero-order valence-electron chi connectivity index (χ0n) is 13.0. The average molecular weight is 313 g/mol. The molecule has 0 bridgehead atoms. The minimum Gasteiger partial charge on any atom is -0.220 e. The molecule has 0 aliphatic carbocycles. The standard InChI is InChI=1S/C18H19NO2S/c1-5-19(13-17-9-7-6-8-10-17)22(20,21)18-15(3)11-14(2)12-16(18)4/h1,6-12H,13H2,2-4H3. The first kappa shape index (κ1) is 16.1. The second-order valence-corrected chi connectivity index (χ2v) is 7.15. The molecular weight excluding hydrogens is 294 g/mol. The summed E-state index contributed by atoms with van der Waals surface area (Å²) in [7, 11) is -3.73. The third kappa shape index (κ3) is 3.15. The normalized spacial score (nSPS) is 11.0. The van der Waals surface area contributed by atoms with E-state index in [1.165, 1.54) is 0 Å². The summed E-state index contributed by atoms with van der Waals surface area (Å²) in [5.74, 6) is 0. The highest BCUT2D eigenvalue weighted by atomic mass is 32.2. The molecule has 2 rings (SSSR count). The zero-order valence-corrected chi connectivity index (χ0v) is 13.8. The number of aryl methyl sites for hydroxylation is 3. The van der Waals surface area contributed by atoms with Crippen LogP contribution >= 0.6 is 0 Å². The molecule has 0 amide bonds. The van der Waals surface area contributed by atoms with Crippen molar-refractivity contribution in [2.75, 3.05) is 0 Å². The van der Waals surface area contributed by atoms with Gasteiger partial charge in [0.15, 0.2) is 0 Å². The highest BCUT2D eigenvalue weighted by Gasteiger charge is 2.26. The Kier molecular flexibility index (Phi) is 4.58. The Hall–Kier alpha value is -2.25. The van der Waals surface area contributed by atoms with E-state index in [0.29, 0.717) is 16.0 Å². The van der Waals surface area contributed by atoms with Crippen LogP contribution in [0.1, 0.15) is 22.3 Å². The lowest BCUT2D eigenvalue weighted by Gasteiger charge is -2.21. The third-order valence-corrected chi connectivity index (χ3v) is 5.44. The molecule has 0 radical (unpaired) electrons. The van der Waals surface area contributed by atoms with Gasteiger partial charge in [-0.2, -0.15) is 0 Å². The summed E-state index contributed by atoms with van der Waals surface area (Å²) >= 11 is 0. The SMILES string of the molecule is C#CN(Cc1ccccc1)S(=O)(=O)c1c(C)cc(C)cc1C. The van der Waals surface area contributed by atoms with Crippen molar-refractivity contribution in [2.45, 2.75) is 32.2 Å². The van der Waals surface area contributed by atoms with E-state index in [1.807, 2.05) is 49.4 Å². The highest BCUT2D eigenvalue weighted by molar-refractivity contribution is 7.89. The fourth-order valence-electron chi connectivity index (χ4n) is 2.63. The van der Waals surface area contributed by atoms with Gasteiger partial charge in [-0.25, -0.2) is 12.7 Å². The van der Waals surface area contributed by atoms with Crippen molar-refractivity contribution in [3.8, 4) is 12.5 Å². The Morgan fingerprint density at radius 3 is 2.09 bits per heavy atom. The fraction of sp³-hybridized carbons (Fsp3) is 0.222. The molecule has 0 N–H and O–H groups in total. The molecule has 0 unspecified atom stereocenters. The van der Waals surface area contributed by atoms with Crippen molar-refractivity contribution in [3.05, 3.63) is 64.7 Å². The first-order chi connectivity index (χ1) is 10.4. The maximum absolute atomic E-state index is 12.9. The lowest BCUT2D eigenvalue weighted by Crippen LogP contribution is -2.27. The molecule has 2 aromatic rings. The highest BCUT2D eigenvalue weighted by Crippen LogP contribution is 2.26. The third-order valence-electron chi connectivity index (χ3n) is 3.47. The molecule has 114 valence electrons. The van der Waals surface area contributed by atoms with Gasteiger partial charge in [0.1, 0.15) is 0 Å². The second-order valence-electron chi connectivity index (χ2n) is 5.35. The van der Waals surface area contributed by atoms with E-state index in [9.17, 15) is 8.42 Å². The second kappa shape index (κ2) is 6.25. The van der Waals surface area contributed by atoms with E-state index in [0.717, 1.165) is 15.4 Å². The first-order valence-corrected chi connectivity index (χ1v) is 8.41. The smallest absolute Gasteiger partial charge is 0.220 e. The van der Waals surface area contributed by atoms with Crippen LogP contribution in [0.15, 0.2) is 47.4 Å². The summed E-state index contributed by atoms with van der Waals surface area (Å²) in [6.07, 6.45) is 5.47. The summed E-state index contributed by atoms with van der Waals surface area (Å²) in [5.41, 5.74) is 3.31. The number of terminal acetylenes is 1. The van der Waals surface area contributed by atoms with Crippen LogP contribution < -0.4 is 0 Å². The van der Waals surface area contributed by atoms with Crippen molar-refractivity contribution in [1.29, 1.82) is 0 Å². The van der Waals surface area contributed by atoms with E-state index < -0.39 is 10.0 Å². The number of nitrogens with zero attached hydrogens (tertiary/aromatic N) is 1. The molecule has 22 heavy (non-hydrogen) atoms. The van der Waals surface area contributed by atoms with Crippen LogP contribution in [-0.2, 0) is 16.6 Å². The molecule has 2 aromatic carbocycles. The predicted molar refractivity (Wildman–Crippen MR) is 88.7 cm³/mol. The monoisotopic (exact) mass is 313 g/mol. The Morgan fingerprint density at radius 1 is 1.05 bits per heavy atom.